The monoisotopic (exact) mass is 229 g/mol. The predicted molar refractivity (Wildman–Crippen MR) is 77.3 cm³/mol. The molecule has 0 heterocycles. The Labute approximate surface area is 105 Å². The van der Waals surface area contributed by atoms with Gasteiger partial charge in [-0.05, 0) is 25.0 Å². The van der Waals surface area contributed by atoms with E-state index in [-0.39, 0.29) is 0 Å². The first kappa shape index (κ1) is 13.6. The molecule has 2 N–H and O–H groups in total. The normalized spacial score (nSPS) is 15.5. The van der Waals surface area contributed by atoms with Crippen LogP contribution in [0.2, 0.25) is 0 Å². The maximum absolute atomic E-state index is 6.28. The molecule has 0 aliphatic carbocycles. The predicted octanol–water partition coefficient (Wildman–Crippen LogP) is 4.63. The van der Waals surface area contributed by atoms with Crippen LogP contribution in [0, 0.1) is 0 Å². The van der Waals surface area contributed by atoms with Gasteiger partial charge in [0.25, 0.3) is 0 Å². The molecule has 0 spiro atoms. The van der Waals surface area contributed by atoms with E-state index < -0.39 is 0 Å². The molecule has 0 aromatic heterocycles. The minimum atomic E-state index is 0.373. The minimum Gasteiger partial charge on any atom is -0.398 e. The zero-order valence-electron chi connectivity index (χ0n) is 11.3. The van der Waals surface area contributed by atoms with Crippen molar-refractivity contribution in [3.05, 3.63) is 53.6 Å². The van der Waals surface area contributed by atoms with Crippen molar-refractivity contribution in [3.63, 3.8) is 0 Å². The van der Waals surface area contributed by atoms with Crippen molar-refractivity contribution in [3.8, 4) is 0 Å². The molecule has 1 rings (SSSR count). The molecular formula is C16H23N. The quantitative estimate of drug-likeness (QED) is 0.591. The molecule has 92 valence electrons. The van der Waals surface area contributed by atoms with Gasteiger partial charge in [0.15, 0.2) is 0 Å². The fraction of sp³-hybridized carbons (Fsp3) is 0.375. The summed E-state index contributed by atoms with van der Waals surface area (Å²) < 4.78 is 0. The molecule has 17 heavy (non-hydrogen) atoms. The Morgan fingerprint density at radius 3 is 1.71 bits per heavy atom. The number of nitrogens with two attached hydrogens (primary N) is 1. The van der Waals surface area contributed by atoms with E-state index in [1.807, 2.05) is 13.8 Å². The molecule has 2 atom stereocenters. The van der Waals surface area contributed by atoms with Gasteiger partial charge < -0.3 is 5.73 Å². The molecule has 1 aromatic rings. The van der Waals surface area contributed by atoms with E-state index in [4.69, 9.17) is 5.73 Å². The Morgan fingerprint density at radius 2 is 1.35 bits per heavy atom. The highest BCUT2D eigenvalue weighted by atomic mass is 14.6. The van der Waals surface area contributed by atoms with E-state index in [0.717, 1.165) is 5.69 Å². The molecule has 2 unspecified atom stereocenters. The molecule has 0 aliphatic rings. The highest BCUT2D eigenvalue weighted by Crippen LogP contribution is 2.31. The van der Waals surface area contributed by atoms with Crippen LogP contribution in [-0.2, 0) is 0 Å². The number of para-hydroxylation sites is 1. The summed E-state index contributed by atoms with van der Waals surface area (Å²) in [7, 11) is 0. The average molecular weight is 229 g/mol. The van der Waals surface area contributed by atoms with Gasteiger partial charge in [-0.1, -0.05) is 56.4 Å². The van der Waals surface area contributed by atoms with Gasteiger partial charge >= 0.3 is 0 Å². The summed E-state index contributed by atoms with van der Waals surface area (Å²) in [5.74, 6) is 0.746. The van der Waals surface area contributed by atoms with Gasteiger partial charge in [-0.3, -0.25) is 0 Å². The molecule has 0 saturated heterocycles. The van der Waals surface area contributed by atoms with Gasteiger partial charge in [0.2, 0.25) is 0 Å². The second-order valence-corrected chi connectivity index (χ2v) is 4.48. The number of rotatable bonds is 4. The summed E-state index contributed by atoms with van der Waals surface area (Å²) in [5, 5.41) is 0. The van der Waals surface area contributed by atoms with Gasteiger partial charge in [0.05, 0.1) is 0 Å². The Kier molecular flexibility index (Phi) is 5.02. The largest absolute Gasteiger partial charge is 0.398 e. The van der Waals surface area contributed by atoms with Crippen LogP contribution in [0.5, 0.6) is 0 Å². The maximum Gasteiger partial charge on any atom is 0.0391 e. The first-order valence-electron chi connectivity index (χ1n) is 6.25. The minimum absolute atomic E-state index is 0.373. The molecule has 0 radical (unpaired) electrons. The van der Waals surface area contributed by atoms with Gasteiger partial charge in [0, 0.05) is 17.5 Å². The molecule has 1 nitrogen and oxygen atoms in total. The van der Waals surface area contributed by atoms with E-state index in [0.29, 0.717) is 11.8 Å². The lowest BCUT2D eigenvalue weighted by Gasteiger charge is -2.17. The van der Waals surface area contributed by atoms with Gasteiger partial charge in [-0.15, -0.1) is 0 Å². The van der Waals surface area contributed by atoms with Crippen molar-refractivity contribution < 1.29 is 0 Å². The van der Waals surface area contributed by atoms with Crippen LogP contribution in [0.3, 0.4) is 0 Å². The molecule has 1 heteroatoms. The smallest absolute Gasteiger partial charge is 0.0391 e. The number of hydrogen-bond donors (Lipinski definition) is 1. The summed E-state index contributed by atoms with van der Waals surface area (Å²) in [6.07, 6.45) is 8.50. The van der Waals surface area contributed by atoms with E-state index in [9.17, 15) is 0 Å². The highest BCUT2D eigenvalue weighted by Gasteiger charge is 2.12. The van der Waals surface area contributed by atoms with Crippen LogP contribution in [0.25, 0.3) is 0 Å². The Morgan fingerprint density at radius 1 is 0.941 bits per heavy atom. The summed E-state index contributed by atoms with van der Waals surface area (Å²) in [4.78, 5) is 0. The van der Waals surface area contributed by atoms with Crippen LogP contribution in [0.1, 0.15) is 50.7 Å². The van der Waals surface area contributed by atoms with Gasteiger partial charge in [-0.25, -0.2) is 0 Å². The number of anilines is 1. The SMILES string of the molecule is C/C=C/C(C)c1cccc(C(C)/C=C/C)c1N. The Balaban J connectivity index is 3.15. The summed E-state index contributed by atoms with van der Waals surface area (Å²) >= 11 is 0. The lowest BCUT2D eigenvalue weighted by molar-refractivity contribution is 0.932. The molecule has 1 aromatic carbocycles. The van der Waals surface area contributed by atoms with Crippen molar-refractivity contribution in [1.29, 1.82) is 0 Å². The maximum atomic E-state index is 6.28. The first-order chi connectivity index (χ1) is 8.11. The van der Waals surface area contributed by atoms with Gasteiger partial charge in [0.1, 0.15) is 0 Å². The van der Waals surface area contributed by atoms with Crippen molar-refractivity contribution in [2.24, 2.45) is 0 Å². The summed E-state index contributed by atoms with van der Waals surface area (Å²) in [6, 6.07) is 6.33. The zero-order chi connectivity index (χ0) is 12.8. The van der Waals surface area contributed by atoms with Crippen LogP contribution < -0.4 is 5.73 Å². The Hall–Kier alpha value is -1.50. The van der Waals surface area contributed by atoms with Crippen molar-refractivity contribution in [1.82, 2.24) is 0 Å². The lowest BCUT2D eigenvalue weighted by Crippen LogP contribution is -2.03. The summed E-state index contributed by atoms with van der Waals surface area (Å²) in [5.41, 5.74) is 9.65. The Bertz CT molecular complexity index is 379. The third-order valence-corrected chi connectivity index (χ3v) is 3.12. The molecule has 0 fully saturated rings. The molecule has 0 bridgehead atoms. The fourth-order valence-corrected chi connectivity index (χ4v) is 2.18. The molecular weight excluding hydrogens is 206 g/mol. The standard InChI is InChI=1S/C16H23N/c1-5-8-12(3)14-10-7-11-15(16(14)17)13(4)9-6-2/h5-13H,17H2,1-4H3/b8-5+,9-6+. The third-order valence-electron chi connectivity index (χ3n) is 3.12. The number of allylic oxidation sites excluding steroid dienone is 4. The van der Waals surface area contributed by atoms with Crippen LogP contribution in [0.4, 0.5) is 5.69 Å². The zero-order valence-corrected chi connectivity index (χ0v) is 11.3. The van der Waals surface area contributed by atoms with Crippen LogP contribution in [0.15, 0.2) is 42.5 Å². The second kappa shape index (κ2) is 6.29. The lowest BCUT2D eigenvalue weighted by atomic mass is 9.91. The second-order valence-electron chi connectivity index (χ2n) is 4.48. The average Bonchev–Trinajstić information content (AvgIpc) is 2.29. The van der Waals surface area contributed by atoms with E-state index in [1.165, 1.54) is 11.1 Å². The third kappa shape index (κ3) is 3.23. The fourth-order valence-electron chi connectivity index (χ4n) is 2.18. The first-order valence-corrected chi connectivity index (χ1v) is 6.25. The van der Waals surface area contributed by atoms with E-state index in [1.54, 1.807) is 0 Å². The van der Waals surface area contributed by atoms with E-state index in [2.05, 4.69) is 56.4 Å². The van der Waals surface area contributed by atoms with Crippen molar-refractivity contribution >= 4 is 5.69 Å². The van der Waals surface area contributed by atoms with Crippen molar-refractivity contribution in [2.75, 3.05) is 5.73 Å². The van der Waals surface area contributed by atoms with Gasteiger partial charge in [-0.2, -0.15) is 0 Å². The van der Waals surface area contributed by atoms with E-state index >= 15 is 0 Å². The number of nitrogen functional groups attached to an aromatic ring is 1. The molecule has 0 amide bonds. The summed E-state index contributed by atoms with van der Waals surface area (Å²) in [6.45, 7) is 8.43. The topological polar surface area (TPSA) is 26.0 Å². The highest BCUT2D eigenvalue weighted by molar-refractivity contribution is 5.58. The molecule has 0 saturated carbocycles. The number of benzene rings is 1. The number of hydrogen-bond acceptors (Lipinski definition) is 1. The van der Waals surface area contributed by atoms with Crippen LogP contribution in [-0.4, -0.2) is 0 Å². The molecule has 0 aliphatic heterocycles. The van der Waals surface area contributed by atoms with Crippen LogP contribution >= 0.6 is 0 Å². The van der Waals surface area contributed by atoms with Crippen molar-refractivity contribution in [2.45, 2.75) is 39.5 Å².